The number of H-pyrrole nitrogens is 1. The fourth-order valence-electron chi connectivity index (χ4n) is 1.80. The van der Waals surface area contributed by atoms with E-state index in [0.29, 0.717) is 11.5 Å². The van der Waals surface area contributed by atoms with Gasteiger partial charge in [0, 0.05) is 0 Å². The van der Waals surface area contributed by atoms with Gasteiger partial charge in [0.2, 0.25) is 5.91 Å². The van der Waals surface area contributed by atoms with Gasteiger partial charge in [0.1, 0.15) is 30.1 Å². The summed E-state index contributed by atoms with van der Waals surface area (Å²) in [6.07, 6.45) is 1.34. The van der Waals surface area contributed by atoms with E-state index in [9.17, 15) is 14.9 Å². The molecule has 10 heteroatoms. The highest BCUT2D eigenvalue weighted by Crippen LogP contribution is 2.21. The lowest BCUT2D eigenvalue weighted by atomic mass is 10.3. The number of aromatic nitrogens is 5. The number of carbonyl (C=O) groups excluding carboxylic acids is 1. The van der Waals surface area contributed by atoms with E-state index in [-0.39, 0.29) is 30.4 Å². The van der Waals surface area contributed by atoms with Crippen LogP contribution in [0, 0.1) is 24.0 Å². The van der Waals surface area contributed by atoms with Gasteiger partial charge in [-0.2, -0.15) is 10.2 Å². The van der Waals surface area contributed by atoms with Crippen LogP contribution >= 0.6 is 0 Å². The molecule has 0 unspecified atom stereocenters. The minimum absolute atomic E-state index is 0.0620. The zero-order valence-corrected chi connectivity index (χ0v) is 11.0. The van der Waals surface area contributed by atoms with Crippen LogP contribution in [0.2, 0.25) is 0 Å². The van der Waals surface area contributed by atoms with Crippen molar-refractivity contribution in [2.24, 2.45) is 0 Å². The lowest BCUT2D eigenvalue weighted by Crippen LogP contribution is -2.28. The van der Waals surface area contributed by atoms with Gasteiger partial charge in [0.25, 0.3) is 0 Å². The summed E-state index contributed by atoms with van der Waals surface area (Å²) < 4.78 is 1.31. The average Bonchev–Trinajstić information content (AvgIpc) is 2.96. The van der Waals surface area contributed by atoms with Crippen molar-refractivity contribution in [2.45, 2.75) is 26.9 Å². The van der Waals surface area contributed by atoms with E-state index in [2.05, 4.69) is 25.6 Å². The molecule has 0 bridgehead atoms. The lowest BCUT2D eigenvalue weighted by molar-refractivity contribution is -0.386. The number of aryl methyl sites for hydroxylation is 1. The van der Waals surface area contributed by atoms with Crippen LogP contribution in [0.15, 0.2) is 6.33 Å². The van der Waals surface area contributed by atoms with Gasteiger partial charge in [-0.3, -0.25) is 24.7 Å². The summed E-state index contributed by atoms with van der Waals surface area (Å²) in [5.74, 6) is 0.208. The standard InChI is InChI=1S/C10H13N7O3/c1-6-10(17(19)20)7(2)16(15-6)4-9(18)11-3-8-12-5-13-14-8/h5H,3-4H2,1-2H3,(H,11,18)(H,12,13,14). The molecule has 2 N–H and O–H groups in total. The first-order valence-electron chi connectivity index (χ1n) is 5.78. The molecule has 0 radical (unpaired) electrons. The van der Waals surface area contributed by atoms with Gasteiger partial charge in [-0.05, 0) is 13.8 Å². The molecule has 0 aliphatic heterocycles. The summed E-state index contributed by atoms with van der Waals surface area (Å²) in [5, 5.41) is 23.7. The number of rotatable bonds is 5. The number of nitrogens with zero attached hydrogens (tertiary/aromatic N) is 5. The molecule has 2 heterocycles. The van der Waals surface area contributed by atoms with Crippen LogP contribution < -0.4 is 5.32 Å². The van der Waals surface area contributed by atoms with Crippen molar-refractivity contribution in [3.05, 3.63) is 33.7 Å². The monoisotopic (exact) mass is 279 g/mol. The van der Waals surface area contributed by atoms with Gasteiger partial charge in [-0.15, -0.1) is 0 Å². The largest absolute Gasteiger partial charge is 0.347 e. The normalized spacial score (nSPS) is 10.5. The highest BCUT2D eigenvalue weighted by molar-refractivity contribution is 5.75. The maximum Gasteiger partial charge on any atom is 0.312 e. The highest BCUT2D eigenvalue weighted by atomic mass is 16.6. The predicted octanol–water partition coefficient (Wildman–Crippen LogP) is -0.157. The molecule has 0 saturated heterocycles. The minimum Gasteiger partial charge on any atom is -0.347 e. The number of carbonyl (C=O) groups is 1. The van der Waals surface area contributed by atoms with Crippen LogP contribution in [-0.2, 0) is 17.9 Å². The fourth-order valence-corrected chi connectivity index (χ4v) is 1.80. The van der Waals surface area contributed by atoms with Crippen molar-refractivity contribution >= 4 is 11.6 Å². The predicted molar refractivity (Wildman–Crippen MR) is 66.6 cm³/mol. The second kappa shape index (κ2) is 5.47. The Morgan fingerprint density at radius 1 is 1.55 bits per heavy atom. The molecule has 0 saturated carbocycles. The fraction of sp³-hybridized carbons (Fsp3) is 0.400. The zero-order chi connectivity index (χ0) is 14.7. The molecule has 0 spiro atoms. The number of hydrogen-bond acceptors (Lipinski definition) is 6. The molecule has 0 aromatic carbocycles. The van der Waals surface area contributed by atoms with Crippen molar-refractivity contribution in [1.29, 1.82) is 0 Å². The van der Waals surface area contributed by atoms with Crippen molar-refractivity contribution in [2.75, 3.05) is 0 Å². The van der Waals surface area contributed by atoms with Crippen LogP contribution in [0.5, 0.6) is 0 Å². The Labute approximate surface area is 113 Å². The summed E-state index contributed by atoms with van der Waals surface area (Å²) >= 11 is 0. The Morgan fingerprint density at radius 2 is 2.30 bits per heavy atom. The number of amides is 1. The molecule has 0 atom stereocenters. The molecule has 0 aliphatic rings. The van der Waals surface area contributed by atoms with Gasteiger partial charge in [0.05, 0.1) is 11.5 Å². The molecule has 2 rings (SSSR count). The maximum atomic E-state index is 11.7. The molecule has 2 aromatic heterocycles. The van der Waals surface area contributed by atoms with Gasteiger partial charge < -0.3 is 5.32 Å². The number of nitrogens with one attached hydrogen (secondary N) is 2. The summed E-state index contributed by atoms with van der Waals surface area (Å²) in [5.41, 5.74) is 0.575. The van der Waals surface area contributed by atoms with Crippen LogP contribution in [0.1, 0.15) is 17.2 Å². The molecule has 20 heavy (non-hydrogen) atoms. The quantitative estimate of drug-likeness (QED) is 0.577. The first kappa shape index (κ1) is 13.6. The Hall–Kier alpha value is -2.78. The third-order valence-corrected chi connectivity index (χ3v) is 2.74. The van der Waals surface area contributed by atoms with Gasteiger partial charge in [-0.1, -0.05) is 0 Å². The first-order chi connectivity index (χ1) is 9.49. The van der Waals surface area contributed by atoms with Crippen LogP contribution in [0.3, 0.4) is 0 Å². The Balaban J connectivity index is 2.01. The van der Waals surface area contributed by atoms with Crippen molar-refractivity contribution in [3.8, 4) is 0 Å². The van der Waals surface area contributed by atoms with E-state index >= 15 is 0 Å². The second-order valence-electron chi connectivity index (χ2n) is 4.14. The Morgan fingerprint density at radius 3 is 2.85 bits per heavy atom. The number of nitro groups is 1. The topological polar surface area (TPSA) is 132 Å². The molecule has 10 nitrogen and oxygen atoms in total. The van der Waals surface area contributed by atoms with E-state index in [1.165, 1.54) is 17.9 Å². The molecular weight excluding hydrogens is 266 g/mol. The Bertz CT molecular complexity index is 632. The van der Waals surface area contributed by atoms with Crippen molar-refractivity contribution in [3.63, 3.8) is 0 Å². The summed E-state index contributed by atoms with van der Waals surface area (Å²) in [6.45, 7) is 3.21. The van der Waals surface area contributed by atoms with E-state index in [4.69, 9.17) is 0 Å². The maximum absolute atomic E-state index is 11.7. The Kier molecular flexibility index (Phi) is 3.73. The zero-order valence-electron chi connectivity index (χ0n) is 11.0. The first-order valence-corrected chi connectivity index (χ1v) is 5.78. The molecule has 0 aliphatic carbocycles. The van der Waals surface area contributed by atoms with Gasteiger partial charge in [-0.25, -0.2) is 4.98 Å². The summed E-state index contributed by atoms with van der Waals surface area (Å²) in [7, 11) is 0. The third kappa shape index (κ3) is 2.79. The number of hydrogen-bond donors (Lipinski definition) is 2. The number of aromatic amines is 1. The molecule has 2 aromatic rings. The second-order valence-corrected chi connectivity index (χ2v) is 4.14. The van der Waals surface area contributed by atoms with Crippen LogP contribution in [-0.4, -0.2) is 35.8 Å². The van der Waals surface area contributed by atoms with E-state index in [1.54, 1.807) is 6.92 Å². The highest BCUT2D eigenvalue weighted by Gasteiger charge is 2.22. The molecule has 0 fully saturated rings. The summed E-state index contributed by atoms with van der Waals surface area (Å²) in [4.78, 5) is 26.0. The average molecular weight is 279 g/mol. The van der Waals surface area contributed by atoms with Crippen molar-refractivity contribution < 1.29 is 9.72 Å². The summed E-state index contributed by atoms with van der Waals surface area (Å²) in [6, 6.07) is 0. The molecule has 1 amide bonds. The third-order valence-electron chi connectivity index (χ3n) is 2.74. The molecular formula is C10H13N7O3. The SMILES string of the molecule is Cc1nn(CC(=O)NCc2ncn[nH]2)c(C)c1[N+](=O)[O-]. The lowest BCUT2D eigenvalue weighted by Gasteiger charge is -2.04. The van der Waals surface area contributed by atoms with E-state index in [1.807, 2.05) is 0 Å². The minimum atomic E-state index is -0.499. The van der Waals surface area contributed by atoms with Gasteiger partial charge >= 0.3 is 5.69 Å². The van der Waals surface area contributed by atoms with E-state index < -0.39 is 4.92 Å². The van der Waals surface area contributed by atoms with Gasteiger partial charge in [0.15, 0.2) is 0 Å². The smallest absolute Gasteiger partial charge is 0.312 e. The van der Waals surface area contributed by atoms with Crippen LogP contribution in [0.4, 0.5) is 5.69 Å². The van der Waals surface area contributed by atoms with Crippen LogP contribution in [0.25, 0.3) is 0 Å². The van der Waals surface area contributed by atoms with Crippen molar-refractivity contribution in [1.82, 2.24) is 30.3 Å². The molecule has 106 valence electrons. The van der Waals surface area contributed by atoms with E-state index in [0.717, 1.165) is 0 Å².